The van der Waals surface area contributed by atoms with E-state index in [9.17, 15) is 5.26 Å². The van der Waals surface area contributed by atoms with Gasteiger partial charge in [0.05, 0.1) is 18.3 Å². The smallest absolute Gasteiger partial charge is 0.111 e. The summed E-state index contributed by atoms with van der Waals surface area (Å²) in [5, 5.41) is 13.2. The molecule has 1 aliphatic heterocycles. The first-order chi connectivity index (χ1) is 8.11. The minimum atomic E-state index is -0.349. The van der Waals surface area contributed by atoms with Crippen LogP contribution in [0.2, 0.25) is 0 Å². The van der Waals surface area contributed by atoms with Crippen LogP contribution < -0.4 is 5.32 Å². The molecular weight excluding hydrogens is 212 g/mol. The monoisotopic (exact) mass is 236 g/mol. The lowest BCUT2D eigenvalue weighted by Gasteiger charge is -2.44. The fraction of sp³-hybridized carbons (Fsp3) is 0.929. The molecule has 0 aromatic rings. The van der Waals surface area contributed by atoms with E-state index >= 15 is 0 Å². The van der Waals surface area contributed by atoms with Crippen LogP contribution in [-0.4, -0.2) is 23.8 Å². The Kier molecular flexibility index (Phi) is 3.75. The molecule has 2 fully saturated rings. The van der Waals surface area contributed by atoms with Gasteiger partial charge in [0.2, 0.25) is 0 Å². The van der Waals surface area contributed by atoms with E-state index in [0.717, 1.165) is 19.3 Å². The van der Waals surface area contributed by atoms with Crippen LogP contribution in [0.3, 0.4) is 0 Å². The summed E-state index contributed by atoms with van der Waals surface area (Å²) >= 11 is 0. The van der Waals surface area contributed by atoms with Crippen LogP contribution in [0.4, 0.5) is 0 Å². The molecule has 2 aliphatic rings. The van der Waals surface area contributed by atoms with Crippen LogP contribution >= 0.6 is 0 Å². The summed E-state index contributed by atoms with van der Waals surface area (Å²) < 4.78 is 5.85. The molecule has 1 heterocycles. The van der Waals surface area contributed by atoms with E-state index in [1.807, 2.05) is 0 Å². The van der Waals surface area contributed by atoms with Crippen LogP contribution in [-0.2, 0) is 4.74 Å². The second-order valence-electron chi connectivity index (χ2n) is 5.90. The Morgan fingerprint density at radius 1 is 1.41 bits per heavy atom. The van der Waals surface area contributed by atoms with Crippen LogP contribution in [0.5, 0.6) is 0 Å². The summed E-state index contributed by atoms with van der Waals surface area (Å²) in [6.45, 7) is 4.98. The normalized spacial score (nSPS) is 39.1. The summed E-state index contributed by atoms with van der Waals surface area (Å²) in [5.74, 6) is 0. The first-order valence-electron chi connectivity index (χ1n) is 6.94. The van der Waals surface area contributed by atoms with Gasteiger partial charge in [-0.2, -0.15) is 5.26 Å². The number of ether oxygens (including phenoxy) is 1. The zero-order chi connectivity index (χ0) is 12.4. The summed E-state index contributed by atoms with van der Waals surface area (Å²) in [6.07, 6.45) is 7.70. The maximum Gasteiger partial charge on any atom is 0.111 e. The van der Waals surface area contributed by atoms with E-state index in [0.29, 0.717) is 12.6 Å². The minimum absolute atomic E-state index is 0.125. The topological polar surface area (TPSA) is 45.0 Å². The maximum atomic E-state index is 9.56. The highest BCUT2D eigenvalue weighted by Crippen LogP contribution is 2.35. The molecule has 1 N–H and O–H groups in total. The lowest BCUT2D eigenvalue weighted by Crippen LogP contribution is -2.57. The summed E-state index contributed by atoms with van der Waals surface area (Å²) in [4.78, 5) is 0. The standard InChI is InChI=1S/C14H24N2O/c1-3-13(2)10-14(11-15,8-9-17-13)16-12-6-4-5-7-12/h12,16H,3-10H2,1-2H3. The average Bonchev–Trinajstić information content (AvgIpc) is 2.82. The Morgan fingerprint density at radius 3 is 2.71 bits per heavy atom. The van der Waals surface area contributed by atoms with E-state index in [1.165, 1.54) is 25.7 Å². The van der Waals surface area contributed by atoms with Gasteiger partial charge >= 0.3 is 0 Å². The SMILES string of the molecule is CCC1(C)CC(C#N)(NC2CCCC2)CCO1. The molecule has 1 aliphatic carbocycles. The molecular formula is C14H24N2O. The number of rotatable bonds is 3. The van der Waals surface area contributed by atoms with Crippen molar-refractivity contribution in [2.75, 3.05) is 6.61 Å². The molecule has 2 atom stereocenters. The third-order valence-corrected chi connectivity index (χ3v) is 4.45. The van der Waals surface area contributed by atoms with Gasteiger partial charge in [0, 0.05) is 18.9 Å². The molecule has 0 spiro atoms. The van der Waals surface area contributed by atoms with Gasteiger partial charge in [0.25, 0.3) is 0 Å². The minimum Gasteiger partial charge on any atom is -0.375 e. The molecule has 1 saturated carbocycles. The van der Waals surface area contributed by atoms with Crippen molar-refractivity contribution < 1.29 is 4.74 Å². The van der Waals surface area contributed by atoms with Gasteiger partial charge in [-0.15, -0.1) is 0 Å². The van der Waals surface area contributed by atoms with Gasteiger partial charge in [0.15, 0.2) is 0 Å². The second-order valence-corrected chi connectivity index (χ2v) is 5.90. The highest BCUT2D eigenvalue weighted by molar-refractivity contribution is 5.13. The molecule has 0 amide bonds. The summed E-state index contributed by atoms with van der Waals surface area (Å²) in [7, 11) is 0. The Balaban J connectivity index is 2.05. The van der Waals surface area contributed by atoms with E-state index in [-0.39, 0.29) is 11.1 Å². The Bertz CT molecular complexity index is 306. The first-order valence-corrected chi connectivity index (χ1v) is 6.94. The van der Waals surface area contributed by atoms with Crippen molar-refractivity contribution in [1.82, 2.24) is 5.32 Å². The van der Waals surface area contributed by atoms with Crippen LogP contribution in [0.1, 0.15) is 58.8 Å². The maximum absolute atomic E-state index is 9.56. The summed E-state index contributed by atoms with van der Waals surface area (Å²) in [5.41, 5.74) is -0.475. The Hall–Kier alpha value is -0.590. The Morgan fingerprint density at radius 2 is 2.12 bits per heavy atom. The molecule has 17 heavy (non-hydrogen) atoms. The molecule has 3 nitrogen and oxygen atoms in total. The lowest BCUT2D eigenvalue weighted by molar-refractivity contribution is -0.0918. The van der Waals surface area contributed by atoms with E-state index in [2.05, 4.69) is 25.2 Å². The second kappa shape index (κ2) is 4.96. The molecule has 96 valence electrons. The molecule has 2 unspecified atom stereocenters. The average molecular weight is 236 g/mol. The van der Waals surface area contributed by atoms with E-state index in [1.54, 1.807) is 0 Å². The lowest BCUT2D eigenvalue weighted by atomic mass is 9.79. The quantitative estimate of drug-likeness (QED) is 0.819. The predicted octanol–water partition coefficient (Wildman–Crippen LogP) is 2.76. The van der Waals surface area contributed by atoms with E-state index in [4.69, 9.17) is 4.74 Å². The Labute approximate surface area is 105 Å². The third kappa shape index (κ3) is 2.81. The molecule has 0 aromatic carbocycles. The molecule has 0 radical (unpaired) electrons. The third-order valence-electron chi connectivity index (χ3n) is 4.45. The number of hydrogen-bond donors (Lipinski definition) is 1. The van der Waals surface area contributed by atoms with Crippen molar-refractivity contribution in [1.29, 1.82) is 5.26 Å². The number of nitrogens with one attached hydrogen (secondary N) is 1. The summed E-state index contributed by atoms with van der Waals surface area (Å²) in [6, 6.07) is 3.09. The highest BCUT2D eigenvalue weighted by atomic mass is 16.5. The molecule has 0 bridgehead atoms. The van der Waals surface area contributed by atoms with Crippen molar-refractivity contribution in [3.05, 3.63) is 0 Å². The van der Waals surface area contributed by atoms with Crippen molar-refractivity contribution in [3.63, 3.8) is 0 Å². The van der Waals surface area contributed by atoms with Crippen molar-refractivity contribution in [3.8, 4) is 6.07 Å². The zero-order valence-corrected chi connectivity index (χ0v) is 11.1. The van der Waals surface area contributed by atoms with Crippen LogP contribution in [0.25, 0.3) is 0 Å². The van der Waals surface area contributed by atoms with E-state index < -0.39 is 0 Å². The van der Waals surface area contributed by atoms with Gasteiger partial charge in [0.1, 0.15) is 5.54 Å². The number of hydrogen-bond acceptors (Lipinski definition) is 3. The van der Waals surface area contributed by atoms with Crippen LogP contribution in [0.15, 0.2) is 0 Å². The van der Waals surface area contributed by atoms with Crippen molar-refractivity contribution in [2.45, 2.75) is 76.0 Å². The molecule has 2 rings (SSSR count). The first kappa shape index (κ1) is 12.9. The predicted molar refractivity (Wildman–Crippen MR) is 67.6 cm³/mol. The highest BCUT2D eigenvalue weighted by Gasteiger charge is 2.43. The number of nitriles is 1. The van der Waals surface area contributed by atoms with Crippen molar-refractivity contribution >= 4 is 0 Å². The van der Waals surface area contributed by atoms with Gasteiger partial charge < -0.3 is 4.74 Å². The molecule has 1 saturated heterocycles. The molecule has 3 heteroatoms. The van der Waals surface area contributed by atoms with Gasteiger partial charge in [-0.3, -0.25) is 5.32 Å². The van der Waals surface area contributed by atoms with Gasteiger partial charge in [-0.25, -0.2) is 0 Å². The fourth-order valence-electron chi connectivity index (χ4n) is 3.19. The molecule has 0 aromatic heterocycles. The van der Waals surface area contributed by atoms with Gasteiger partial charge in [-0.05, 0) is 26.2 Å². The largest absolute Gasteiger partial charge is 0.375 e. The zero-order valence-electron chi connectivity index (χ0n) is 11.1. The fourth-order valence-corrected chi connectivity index (χ4v) is 3.19. The van der Waals surface area contributed by atoms with Gasteiger partial charge in [-0.1, -0.05) is 19.8 Å². The van der Waals surface area contributed by atoms with Crippen molar-refractivity contribution in [2.24, 2.45) is 0 Å². The number of nitrogens with zero attached hydrogens (tertiary/aromatic N) is 1. The van der Waals surface area contributed by atoms with Crippen LogP contribution in [0, 0.1) is 11.3 Å².